The number of unbranched alkanes of at least 4 members (excludes halogenated alkanes) is 3. The Balaban J connectivity index is 1.87. The van der Waals surface area contributed by atoms with Gasteiger partial charge in [-0.15, -0.1) is 13.2 Å². The van der Waals surface area contributed by atoms with Crippen molar-refractivity contribution in [3.63, 3.8) is 0 Å². The summed E-state index contributed by atoms with van der Waals surface area (Å²) in [5.41, 5.74) is 1.41. The summed E-state index contributed by atoms with van der Waals surface area (Å²) in [6, 6.07) is 12.9. The van der Waals surface area contributed by atoms with E-state index in [1.807, 2.05) is 24.3 Å². The molecule has 0 saturated heterocycles. The van der Waals surface area contributed by atoms with Crippen LogP contribution in [0.1, 0.15) is 43.7 Å². The first-order valence-corrected chi connectivity index (χ1v) is 8.57. The van der Waals surface area contributed by atoms with Crippen molar-refractivity contribution in [2.24, 2.45) is 0 Å². The minimum Gasteiger partial charge on any atom is -0.494 e. The third-order valence-electron chi connectivity index (χ3n) is 3.56. The molecule has 0 aliphatic heterocycles. The first-order valence-electron chi connectivity index (χ1n) is 8.57. The van der Waals surface area contributed by atoms with Gasteiger partial charge >= 0.3 is 6.36 Å². The number of hydrogen-bond donors (Lipinski definition) is 0. The van der Waals surface area contributed by atoms with E-state index in [0.29, 0.717) is 12.2 Å². The zero-order chi connectivity index (χ0) is 18.8. The number of alkyl halides is 3. The van der Waals surface area contributed by atoms with Crippen LogP contribution in [-0.2, 0) is 0 Å². The van der Waals surface area contributed by atoms with E-state index in [0.717, 1.165) is 17.7 Å². The summed E-state index contributed by atoms with van der Waals surface area (Å²) in [5, 5.41) is 0. The minimum absolute atomic E-state index is 0.261. The van der Waals surface area contributed by atoms with Gasteiger partial charge in [-0.25, -0.2) is 0 Å². The SMILES string of the molecule is CCCCCCOc1ccc(C#Cc2ccc(OC(F)(F)F)cc2)cc1. The maximum Gasteiger partial charge on any atom is 0.573 e. The lowest BCUT2D eigenvalue weighted by Gasteiger charge is -2.08. The maximum atomic E-state index is 12.1. The number of benzene rings is 2. The predicted molar refractivity (Wildman–Crippen MR) is 95.2 cm³/mol. The first kappa shape index (κ1) is 19.7. The van der Waals surface area contributed by atoms with Gasteiger partial charge in [-0.2, -0.15) is 0 Å². The van der Waals surface area contributed by atoms with Crippen LogP contribution in [0, 0.1) is 11.8 Å². The first-order chi connectivity index (χ1) is 12.5. The monoisotopic (exact) mass is 362 g/mol. The van der Waals surface area contributed by atoms with E-state index < -0.39 is 6.36 Å². The zero-order valence-electron chi connectivity index (χ0n) is 14.6. The summed E-state index contributed by atoms with van der Waals surface area (Å²) < 4.78 is 45.8. The van der Waals surface area contributed by atoms with Crippen molar-refractivity contribution in [3.05, 3.63) is 59.7 Å². The van der Waals surface area contributed by atoms with Crippen LogP contribution in [0.15, 0.2) is 48.5 Å². The molecule has 0 amide bonds. The Bertz CT molecular complexity index is 723. The number of rotatable bonds is 7. The van der Waals surface area contributed by atoms with E-state index >= 15 is 0 Å². The molecule has 0 aromatic heterocycles. The Morgan fingerprint density at radius 3 is 1.81 bits per heavy atom. The fourth-order valence-electron chi connectivity index (χ4n) is 2.24. The van der Waals surface area contributed by atoms with Gasteiger partial charge in [0, 0.05) is 11.1 Å². The standard InChI is InChI=1S/C21H21F3O2/c1-2-3-4-5-16-25-19-12-8-17(9-13-19)6-7-18-10-14-20(15-11-18)26-21(22,23)24/h8-15H,2-5,16H2,1H3. The van der Waals surface area contributed by atoms with Crippen molar-refractivity contribution < 1.29 is 22.6 Å². The van der Waals surface area contributed by atoms with Crippen molar-refractivity contribution >= 4 is 0 Å². The third kappa shape index (κ3) is 7.52. The summed E-state index contributed by atoms with van der Waals surface area (Å²) in [6.45, 7) is 2.88. The molecule has 0 fully saturated rings. The lowest BCUT2D eigenvalue weighted by atomic mass is 10.1. The average molecular weight is 362 g/mol. The van der Waals surface area contributed by atoms with Gasteiger partial charge in [0.05, 0.1) is 6.61 Å². The highest BCUT2D eigenvalue weighted by Gasteiger charge is 2.30. The van der Waals surface area contributed by atoms with Crippen LogP contribution in [0.5, 0.6) is 11.5 Å². The summed E-state index contributed by atoms with van der Waals surface area (Å²) in [6.07, 6.45) is -0.0457. The second-order valence-electron chi connectivity index (χ2n) is 5.76. The normalized spacial score (nSPS) is 10.8. The molecule has 5 heteroatoms. The molecule has 0 aliphatic rings. The van der Waals surface area contributed by atoms with Crippen LogP contribution in [-0.4, -0.2) is 13.0 Å². The topological polar surface area (TPSA) is 18.5 Å². The molecule has 0 bridgehead atoms. The number of ether oxygens (including phenoxy) is 2. The molecule has 0 atom stereocenters. The smallest absolute Gasteiger partial charge is 0.494 e. The lowest BCUT2D eigenvalue weighted by molar-refractivity contribution is -0.274. The van der Waals surface area contributed by atoms with Gasteiger partial charge in [0.1, 0.15) is 11.5 Å². The maximum absolute atomic E-state index is 12.1. The molecule has 26 heavy (non-hydrogen) atoms. The summed E-state index contributed by atoms with van der Waals surface area (Å²) >= 11 is 0. The van der Waals surface area contributed by atoms with E-state index in [1.165, 1.54) is 43.5 Å². The predicted octanol–water partition coefficient (Wildman–Crippen LogP) is 5.94. The van der Waals surface area contributed by atoms with Crippen molar-refractivity contribution in [2.75, 3.05) is 6.61 Å². The van der Waals surface area contributed by atoms with Gasteiger partial charge < -0.3 is 9.47 Å². The minimum atomic E-state index is -4.69. The quantitative estimate of drug-likeness (QED) is 0.448. The molecule has 0 N–H and O–H groups in total. The van der Waals surface area contributed by atoms with E-state index in [1.54, 1.807) is 0 Å². The molecular formula is C21H21F3O2. The van der Waals surface area contributed by atoms with Gasteiger partial charge in [0.15, 0.2) is 0 Å². The highest BCUT2D eigenvalue weighted by Crippen LogP contribution is 2.22. The van der Waals surface area contributed by atoms with Crippen LogP contribution in [0.25, 0.3) is 0 Å². The van der Waals surface area contributed by atoms with E-state index in [4.69, 9.17) is 4.74 Å². The molecule has 2 rings (SSSR count). The molecule has 0 saturated carbocycles. The molecule has 0 aliphatic carbocycles. The van der Waals surface area contributed by atoms with Gasteiger partial charge in [0.2, 0.25) is 0 Å². The lowest BCUT2D eigenvalue weighted by Crippen LogP contribution is -2.16. The van der Waals surface area contributed by atoms with Gasteiger partial charge in [-0.1, -0.05) is 38.0 Å². The number of hydrogen-bond acceptors (Lipinski definition) is 2. The molecule has 2 aromatic carbocycles. The Morgan fingerprint density at radius 1 is 0.769 bits per heavy atom. The molecule has 0 unspecified atom stereocenters. The Labute approximate surface area is 151 Å². The Hall–Kier alpha value is -2.61. The van der Waals surface area contributed by atoms with Crippen LogP contribution in [0.2, 0.25) is 0 Å². The molecule has 0 radical (unpaired) electrons. The fraction of sp³-hybridized carbons (Fsp3) is 0.333. The van der Waals surface area contributed by atoms with Crippen molar-refractivity contribution in [3.8, 4) is 23.3 Å². The second-order valence-corrected chi connectivity index (χ2v) is 5.76. The summed E-state index contributed by atoms with van der Waals surface area (Å²) in [4.78, 5) is 0. The van der Waals surface area contributed by atoms with Gasteiger partial charge in [-0.3, -0.25) is 0 Å². The van der Waals surface area contributed by atoms with Crippen LogP contribution >= 0.6 is 0 Å². The highest BCUT2D eigenvalue weighted by atomic mass is 19.4. The largest absolute Gasteiger partial charge is 0.573 e. The molecular weight excluding hydrogens is 341 g/mol. The van der Waals surface area contributed by atoms with Crippen LogP contribution in [0.4, 0.5) is 13.2 Å². The molecule has 2 nitrogen and oxygen atoms in total. The zero-order valence-corrected chi connectivity index (χ0v) is 14.6. The molecule has 138 valence electrons. The van der Waals surface area contributed by atoms with Crippen molar-refractivity contribution in [1.29, 1.82) is 0 Å². The molecule has 0 heterocycles. The van der Waals surface area contributed by atoms with E-state index in [9.17, 15) is 13.2 Å². The van der Waals surface area contributed by atoms with Crippen molar-refractivity contribution in [1.82, 2.24) is 0 Å². The van der Waals surface area contributed by atoms with Crippen molar-refractivity contribution in [2.45, 2.75) is 39.0 Å². The van der Waals surface area contributed by atoms with E-state index in [2.05, 4.69) is 23.5 Å². The number of halogens is 3. The third-order valence-corrected chi connectivity index (χ3v) is 3.56. The Kier molecular flexibility index (Phi) is 7.40. The fourth-order valence-corrected chi connectivity index (χ4v) is 2.24. The van der Waals surface area contributed by atoms with Gasteiger partial charge in [0.25, 0.3) is 0 Å². The van der Waals surface area contributed by atoms with Gasteiger partial charge in [-0.05, 0) is 55.0 Å². The summed E-state index contributed by atoms with van der Waals surface area (Å²) in [7, 11) is 0. The van der Waals surface area contributed by atoms with Crippen LogP contribution < -0.4 is 9.47 Å². The van der Waals surface area contributed by atoms with Crippen LogP contribution in [0.3, 0.4) is 0 Å². The second kappa shape index (κ2) is 9.76. The molecule has 2 aromatic rings. The van der Waals surface area contributed by atoms with E-state index in [-0.39, 0.29) is 5.75 Å². The Morgan fingerprint density at radius 2 is 1.31 bits per heavy atom. The summed E-state index contributed by atoms with van der Waals surface area (Å²) in [5.74, 6) is 6.43. The highest BCUT2D eigenvalue weighted by molar-refractivity contribution is 5.45. The average Bonchev–Trinajstić information content (AvgIpc) is 2.61. The molecule has 0 spiro atoms.